The van der Waals surface area contributed by atoms with Crippen LogP contribution in [-0.2, 0) is 16.0 Å². The van der Waals surface area contributed by atoms with Crippen LogP contribution in [0.25, 0.3) is 6.08 Å². The van der Waals surface area contributed by atoms with Gasteiger partial charge in [-0.3, -0.25) is 14.9 Å². The van der Waals surface area contributed by atoms with Crippen molar-refractivity contribution in [1.82, 2.24) is 5.32 Å². The van der Waals surface area contributed by atoms with E-state index in [0.29, 0.717) is 34.0 Å². The van der Waals surface area contributed by atoms with E-state index in [4.69, 9.17) is 16.3 Å². The summed E-state index contributed by atoms with van der Waals surface area (Å²) < 4.78 is 6.56. The summed E-state index contributed by atoms with van der Waals surface area (Å²) in [5.74, 6) is -0.870. The van der Waals surface area contributed by atoms with Crippen molar-refractivity contribution in [2.45, 2.75) is 13.3 Å². The molecule has 3 aromatic rings. The molecule has 1 fully saturated rings. The molecule has 4 amide bonds. The van der Waals surface area contributed by atoms with Gasteiger partial charge in [-0.25, -0.2) is 9.69 Å². The number of carbonyl (C=O) groups is 3. The first-order chi connectivity index (χ1) is 16.3. The zero-order valence-electron chi connectivity index (χ0n) is 18.4. The number of anilines is 1. The van der Waals surface area contributed by atoms with E-state index in [1.165, 1.54) is 6.08 Å². The molecule has 0 radical (unpaired) electrons. The average molecular weight is 540 g/mol. The van der Waals surface area contributed by atoms with Crippen molar-refractivity contribution in [1.29, 1.82) is 0 Å². The van der Waals surface area contributed by atoms with E-state index in [2.05, 4.69) is 21.2 Å². The summed E-state index contributed by atoms with van der Waals surface area (Å²) in [6.07, 6.45) is 2.08. The number of halogens is 2. The second kappa shape index (κ2) is 9.83. The number of urea groups is 1. The zero-order chi connectivity index (χ0) is 24.4. The number of benzene rings is 3. The number of carbonyl (C=O) groups excluding carboxylic acids is 3. The van der Waals surface area contributed by atoms with Crippen LogP contribution in [0.2, 0.25) is 5.02 Å². The highest BCUT2D eigenvalue weighted by Crippen LogP contribution is 2.31. The van der Waals surface area contributed by atoms with E-state index in [9.17, 15) is 14.4 Å². The maximum atomic E-state index is 13.2. The van der Waals surface area contributed by atoms with Gasteiger partial charge in [-0.15, -0.1) is 0 Å². The normalized spacial score (nSPS) is 15.0. The van der Waals surface area contributed by atoms with Crippen molar-refractivity contribution in [2.24, 2.45) is 0 Å². The molecule has 1 aliphatic heterocycles. The third-order valence-electron chi connectivity index (χ3n) is 5.54. The molecule has 3 aromatic carbocycles. The van der Waals surface area contributed by atoms with Gasteiger partial charge in [0.05, 0.1) is 12.8 Å². The van der Waals surface area contributed by atoms with Gasteiger partial charge in [0.25, 0.3) is 11.8 Å². The molecule has 0 aliphatic carbocycles. The topological polar surface area (TPSA) is 75.7 Å². The fourth-order valence-corrected chi connectivity index (χ4v) is 4.32. The summed E-state index contributed by atoms with van der Waals surface area (Å²) in [5, 5.41) is 2.64. The zero-order valence-corrected chi connectivity index (χ0v) is 20.7. The summed E-state index contributed by atoms with van der Waals surface area (Å²) in [4.78, 5) is 39.2. The molecule has 6 nitrogen and oxygen atoms in total. The van der Waals surface area contributed by atoms with Gasteiger partial charge in [-0.05, 0) is 59.5 Å². The predicted octanol–water partition coefficient (Wildman–Crippen LogP) is 5.68. The highest BCUT2D eigenvalue weighted by Gasteiger charge is 2.37. The number of hydrogen-bond donors (Lipinski definition) is 1. The van der Waals surface area contributed by atoms with Crippen LogP contribution >= 0.6 is 27.5 Å². The van der Waals surface area contributed by atoms with Crippen LogP contribution in [-0.4, -0.2) is 25.0 Å². The van der Waals surface area contributed by atoms with E-state index >= 15 is 0 Å². The lowest BCUT2D eigenvalue weighted by Crippen LogP contribution is -2.54. The fourth-order valence-electron chi connectivity index (χ4n) is 3.73. The summed E-state index contributed by atoms with van der Waals surface area (Å²) in [7, 11) is 1.57. The molecule has 34 heavy (non-hydrogen) atoms. The van der Waals surface area contributed by atoms with E-state index < -0.39 is 17.8 Å². The van der Waals surface area contributed by atoms with Crippen LogP contribution in [0.1, 0.15) is 22.3 Å². The maximum Gasteiger partial charge on any atom is 0.335 e. The Hall–Kier alpha value is -3.42. The van der Waals surface area contributed by atoms with E-state index in [-0.39, 0.29) is 5.57 Å². The number of amides is 4. The Labute approximate surface area is 210 Å². The number of ether oxygens (including phenoxy) is 1. The Kier molecular flexibility index (Phi) is 6.86. The number of barbiturate groups is 1. The van der Waals surface area contributed by atoms with Crippen LogP contribution in [0.3, 0.4) is 0 Å². The number of nitrogens with zero attached hydrogens (tertiary/aromatic N) is 1. The van der Waals surface area contributed by atoms with Crippen LogP contribution in [0.15, 0.2) is 70.7 Å². The molecule has 1 aliphatic rings. The van der Waals surface area contributed by atoms with Gasteiger partial charge >= 0.3 is 6.03 Å². The minimum atomic E-state index is -0.820. The van der Waals surface area contributed by atoms with Crippen molar-refractivity contribution >= 4 is 57.1 Å². The second-order valence-corrected chi connectivity index (χ2v) is 8.94. The van der Waals surface area contributed by atoms with Gasteiger partial charge in [0.15, 0.2) is 0 Å². The molecular formula is C26H20BrClN2O4. The number of imide groups is 2. The molecular weight excluding hydrogens is 520 g/mol. The quantitative estimate of drug-likeness (QED) is 0.335. The van der Waals surface area contributed by atoms with Crippen LogP contribution in [0.4, 0.5) is 10.5 Å². The second-order valence-electron chi connectivity index (χ2n) is 7.68. The van der Waals surface area contributed by atoms with Crippen molar-refractivity contribution in [3.05, 3.63) is 98.0 Å². The Morgan fingerprint density at radius 3 is 2.53 bits per heavy atom. The average Bonchev–Trinajstić information content (AvgIpc) is 2.81. The minimum absolute atomic E-state index is 0.167. The van der Waals surface area contributed by atoms with Crippen LogP contribution in [0.5, 0.6) is 5.75 Å². The first-order valence-corrected chi connectivity index (χ1v) is 11.5. The molecule has 0 spiro atoms. The Morgan fingerprint density at radius 1 is 1.03 bits per heavy atom. The Balaban J connectivity index is 1.69. The monoisotopic (exact) mass is 538 g/mol. The van der Waals surface area contributed by atoms with Crippen molar-refractivity contribution in [2.75, 3.05) is 12.0 Å². The molecule has 0 bridgehead atoms. The summed E-state index contributed by atoms with van der Waals surface area (Å²) in [6, 6.07) is 17.4. The minimum Gasteiger partial charge on any atom is -0.496 e. The first-order valence-electron chi connectivity index (χ1n) is 10.4. The van der Waals surface area contributed by atoms with Gasteiger partial charge in [0, 0.05) is 15.9 Å². The number of nitrogens with one attached hydrogen (secondary N) is 1. The fraction of sp³-hybridized carbons (Fsp3) is 0.115. The standard InChI is InChI=1S/C26H20BrClN2O4/c1-15-21(28)8-5-9-22(15)30-25(32)19(24(31)29-26(30)33)12-16-10-11-18(23(13-16)34-2)14-17-6-3-4-7-20(17)27/h3-13H,14H2,1-2H3,(H,29,31,33)/b19-12+. The Morgan fingerprint density at radius 2 is 1.79 bits per heavy atom. The van der Waals surface area contributed by atoms with Crippen LogP contribution in [0, 0.1) is 6.92 Å². The summed E-state index contributed by atoms with van der Waals surface area (Å²) in [6.45, 7) is 1.70. The van der Waals surface area contributed by atoms with Gasteiger partial charge in [0.1, 0.15) is 11.3 Å². The lowest BCUT2D eigenvalue weighted by molar-refractivity contribution is -0.122. The maximum absolute atomic E-state index is 13.2. The third-order valence-corrected chi connectivity index (χ3v) is 6.73. The highest BCUT2D eigenvalue weighted by atomic mass is 79.9. The van der Waals surface area contributed by atoms with Crippen molar-refractivity contribution in [3.63, 3.8) is 0 Å². The molecule has 1 saturated heterocycles. The lowest BCUT2D eigenvalue weighted by Gasteiger charge is -2.27. The summed E-state index contributed by atoms with van der Waals surface area (Å²) >= 11 is 9.73. The summed E-state index contributed by atoms with van der Waals surface area (Å²) in [5.41, 5.74) is 3.33. The molecule has 1 N–H and O–H groups in total. The third kappa shape index (κ3) is 4.62. The van der Waals surface area contributed by atoms with Gasteiger partial charge in [-0.2, -0.15) is 0 Å². The largest absolute Gasteiger partial charge is 0.496 e. The molecule has 8 heteroatoms. The van der Waals surface area contributed by atoms with E-state index in [1.54, 1.807) is 44.4 Å². The van der Waals surface area contributed by atoms with Gasteiger partial charge < -0.3 is 4.74 Å². The molecule has 172 valence electrons. The number of hydrogen-bond acceptors (Lipinski definition) is 4. The molecule has 0 saturated carbocycles. The highest BCUT2D eigenvalue weighted by molar-refractivity contribution is 9.10. The van der Waals surface area contributed by atoms with E-state index in [0.717, 1.165) is 20.5 Å². The molecule has 1 heterocycles. The molecule has 4 rings (SSSR count). The lowest BCUT2D eigenvalue weighted by atomic mass is 10.0. The first kappa shape index (κ1) is 23.7. The van der Waals surface area contributed by atoms with Gasteiger partial charge in [-0.1, -0.05) is 63.9 Å². The predicted molar refractivity (Wildman–Crippen MR) is 135 cm³/mol. The van der Waals surface area contributed by atoms with Crippen molar-refractivity contribution < 1.29 is 19.1 Å². The smallest absolute Gasteiger partial charge is 0.335 e. The molecule has 0 aromatic heterocycles. The van der Waals surface area contributed by atoms with Crippen LogP contribution < -0.4 is 15.0 Å². The van der Waals surface area contributed by atoms with Gasteiger partial charge in [0.2, 0.25) is 0 Å². The SMILES string of the molecule is COc1cc(/C=C2\C(=O)NC(=O)N(c3cccc(Cl)c3C)C2=O)ccc1Cc1ccccc1Br. The van der Waals surface area contributed by atoms with Crippen molar-refractivity contribution in [3.8, 4) is 5.75 Å². The molecule has 0 unspecified atom stereocenters. The number of rotatable bonds is 5. The molecule has 0 atom stereocenters. The van der Waals surface area contributed by atoms with E-state index in [1.807, 2.05) is 30.3 Å². The number of methoxy groups -OCH3 is 1. The Bertz CT molecular complexity index is 1350.